The first-order valence-electron chi connectivity index (χ1n) is 7.84. The molecule has 0 amide bonds. The fraction of sp³-hybridized carbons (Fsp3) is 0.167. The van der Waals surface area contributed by atoms with Gasteiger partial charge >= 0.3 is 0 Å². The minimum atomic E-state index is -3.78. The van der Waals surface area contributed by atoms with Gasteiger partial charge in [-0.1, -0.05) is 17.7 Å². The van der Waals surface area contributed by atoms with Crippen molar-refractivity contribution in [2.24, 2.45) is 7.05 Å². The van der Waals surface area contributed by atoms with Crippen molar-refractivity contribution in [3.05, 3.63) is 71.8 Å². The number of hydrogen-bond donors (Lipinski definition) is 1. The summed E-state index contributed by atoms with van der Waals surface area (Å²) < 4.78 is 48.4. The molecule has 0 fully saturated rings. The lowest BCUT2D eigenvalue weighted by Crippen LogP contribution is -2.13. The van der Waals surface area contributed by atoms with Gasteiger partial charge in [0.2, 0.25) is 0 Å². The maximum Gasteiger partial charge on any atom is 0.261 e. The Morgan fingerprint density at radius 1 is 1.15 bits per heavy atom. The van der Waals surface area contributed by atoms with Crippen LogP contribution in [0.25, 0.3) is 0 Å². The average Bonchev–Trinajstić information content (AvgIpc) is 2.99. The van der Waals surface area contributed by atoms with E-state index in [9.17, 15) is 12.8 Å². The second kappa shape index (κ2) is 7.17. The molecule has 0 aliphatic carbocycles. The molecule has 2 aromatic carbocycles. The molecule has 0 unspecified atom stereocenters. The standard InChI is InChI=1S/C18H18FN3O3S/c1-13-3-6-16(7-4-13)26(23,24)21-14-5-8-18(17(19)11-14)25-12-15-9-10-20-22(15)2/h3-11,21H,12H2,1-2H3. The Kier molecular flexibility index (Phi) is 4.94. The van der Waals surface area contributed by atoms with E-state index in [4.69, 9.17) is 4.74 Å². The molecule has 0 aliphatic rings. The summed E-state index contributed by atoms with van der Waals surface area (Å²) in [5.74, 6) is -0.624. The summed E-state index contributed by atoms with van der Waals surface area (Å²) in [5.41, 5.74) is 1.86. The van der Waals surface area contributed by atoms with Crippen molar-refractivity contribution in [3.63, 3.8) is 0 Å². The predicted octanol–water partition coefficient (Wildman–Crippen LogP) is 3.25. The summed E-state index contributed by atoms with van der Waals surface area (Å²) in [6, 6.07) is 12.1. The molecule has 6 nitrogen and oxygen atoms in total. The quantitative estimate of drug-likeness (QED) is 0.718. The molecule has 0 bridgehead atoms. The smallest absolute Gasteiger partial charge is 0.261 e. The van der Waals surface area contributed by atoms with Crippen molar-refractivity contribution in [2.75, 3.05) is 4.72 Å². The van der Waals surface area contributed by atoms with Crippen LogP contribution in [0.5, 0.6) is 5.75 Å². The molecule has 0 atom stereocenters. The monoisotopic (exact) mass is 375 g/mol. The molecule has 3 rings (SSSR count). The summed E-state index contributed by atoms with van der Waals surface area (Å²) in [6.07, 6.45) is 1.62. The van der Waals surface area contributed by atoms with Gasteiger partial charge in [-0.3, -0.25) is 9.40 Å². The number of rotatable bonds is 6. The molecule has 1 heterocycles. The van der Waals surface area contributed by atoms with Gasteiger partial charge in [-0.05, 0) is 37.3 Å². The third-order valence-electron chi connectivity index (χ3n) is 3.81. The maximum absolute atomic E-state index is 14.2. The van der Waals surface area contributed by atoms with Gasteiger partial charge < -0.3 is 4.74 Å². The first-order chi connectivity index (χ1) is 12.3. The predicted molar refractivity (Wildman–Crippen MR) is 95.9 cm³/mol. The first kappa shape index (κ1) is 17.9. The van der Waals surface area contributed by atoms with Gasteiger partial charge in [0.05, 0.1) is 16.3 Å². The third-order valence-corrected chi connectivity index (χ3v) is 5.21. The molecule has 1 aromatic heterocycles. The van der Waals surface area contributed by atoms with Gasteiger partial charge in [-0.15, -0.1) is 0 Å². The number of sulfonamides is 1. The summed E-state index contributed by atoms with van der Waals surface area (Å²) in [7, 11) is -2.02. The highest BCUT2D eigenvalue weighted by molar-refractivity contribution is 7.92. The Hall–Kier alpha value is -2.87. The van der Waals surface area contributed by atoms with Crippen LogP contribution in [0, 0.1) is 12.7 Å². The zero-order valence-corrected chi connectivity index (χ0v) is 15.1. The van der Waals surface area contributed by atoms with Gasteiger partial charge in [0.1, 0.15) is 6.61 Å². The van der Waals surface area contributed by atoms with Crippen LogP contribution >= 0.6 is 0 Å². The summed E-state index contributed by atoms with van der Waals surface area (Å²) in [5, 5.41) is 4.01. The lowest BCUT2D eigenvalue weighted by molar-refractivity contribution is 0.280. The number of nitrogens with zero attached hydrogens (tertiary/aromatic N) is 2. The molecule has 0 saturated carbocycles. The molecule has 136 valence electrons. The Bertz CT molecular complexity index is 1010. The SMILES string of the molecule is Cc1ccc(S(=O)(=O)Nc2ccc(OCc3ccnn3C)c(F)c2)cc1. The van der Waals surface area contributed by atoms with Crippen LogP contribution in [0.3, 0.4) is 0 Å². The van der Waals surface area contributed by atoms with Crippen molar-refractivity contribution < 1.29 is 17.5 Å². The summed E-state index contributed by atoms with van der Waals surface area (Å²) in [4.78, 5) is 0.111. The number of anilines is 1. The van der Waals surface area contributed by atoms with Gasteiger partial charge in [-0.25, -0.2) is 12.8 Å². The summed E-state index contributed by atoms with van der Waals surface area (Å²) >= 11 is 0. The Morgan fingerprint density at radius 3 is 2.50 bits per heavy atom. The van der Waals surface area contributed by atoms with Crippen molar-refractivity contribution in [1.29, 1.82) is 0 Å². The Labute approximate surface area is 151 Å². The van der Waals surface area contributed by atoms with Gasteiger partial charge in [0.25, 0.3) is 10.0 Å². The number of benzene rings is 2. The zero-order chi connectivity index (χ0) is 18.7. The number of aryl methyl sites for hydroxylation is 2. The molecule has 0 radical (unpaired) electrons. The normalized spacial score (nSPS) is 11.3. The number of nitrogens with one attached hydrogen (secondary N) is 1. The van der Waals surface area contributed by atoms with E-state index in [1.165, 1.54) is 24.3 Å². The van der Waals surface area contributed by atoms with E-state index in [1.807, 2.05) is 6.92 Å². The van der Waals surface area contributed by atoms with Crippen LogP contribution in [0.1, 0.15) is 11.3 Å². The van der Waals surface area contributed by atoms with E-state index in [0.29, 0.717) is 0 Å². The van der Waals surface area contributed by atoms with Crippen molar-refractivity contribution >= 4 is 15.7 Å². The molecule has 3 aromatic rings. The molecule has 8 heteroatoms. The van der Waals surface area contributed by atoms with Crippen LogP contribution in [0.2, 0.25) is 0 Å². The van der Waals surface area contributed by atoms with Crippen molar-refractivity contribution in [3.8, 4) is 5.75 Å². The van der Waals surface area contributed by atoms with Crippen LogP contribution in [0.15, 0.2) is 59.6 Å². The number of halogens is 1. The van der Waals surface area contributed by atoms with E-state index in [0.717, 1.165) is 17.3 Å². The highest BCUT2D eigenvalue weighted by Crippen LogP contribution is 2.24. The lowest BCUT2D eigenvalue weighted by atomic mass is 10.2. The van der Waals surface area contributed by atoms with Gasteiger partial charge in [0.15, 0.2) is 11.6 Å². The average molecular weight is 375 g/mol. The van der Waals surface area contributed by atoms with E-state index in [2.05, 4.69) is 9.82 Å². The van der Waals surface area contributed by atoms with Crippen molar-refractivity contribution in [2.45, 2.75) is 18.4 Å². The first-order valence-corrected chi connectivity index (χ1v) is 9.32. The molecule has 26 heavy (non-hydrogen) atoms. The van der Waals surface area contributed by atoms with Crippen molar-refractivity contribution in [1.82, 2.24) is 9.78 Å². The lowest BCUT2D eigenvalue weighted by Gasteiger charge is -2.11. The second-order valence-electron chi connectivity index (χ2n) is 5.80. The minimum Gasteiger partial charge on any atom is -0.484 e. The third kappa shape index (κ3) is 4.02. The Balaban J connectivity index is 1.72. The molecule has 1 N–H and O–H groups in total. The topological polar surface area (TPSA) is 73.2 Å². The van der Waals surface area contributed by atoms with Crippen LogP contribution in [-0.2, 0) is 23.7 Å². The molecule has 0 spiro atoms. The molecular formula is C18H18FN3O3S. The molecule has 0 saturated heterocycles. The second-order valence-corrected chi connectivity index (χ2v) is 7.48. The van der Waals surface area contributed by atoms with Crippen LogP contribution in [-0.4, -0.2) is 18.2 Å². The largest absolute Gasteiger partial charge is 0.484 e. The zero-order valence-electron chi connectivity index (χ0n) is 14.3. The molecule has 0 aliphatic heterocycles. The fourth-order valence-corrected chi connectivity index (χ4v) is 3.36. The van der Waals surface area contributed by atoms with E-state index >= 15 is 0 Å². The number of hydrogen-bond acceptors (Lipinski definition) is 4. The summed E-state index contributed by atoms with van der Waals surface area (Å²) in [6.45, 7) is 2.02. The number of aromatic nitrogens is 2. The highest BCUT2D eigenvalue weighted by Gasteiger charge is 2.15. The maximum atomic E-state index is 14.2. The van der Waals surface area contributed by atoms with Crippen LogP contribution < -0.4 is 9.46 Å². The van der Waals surface area contributed by atoms with E-state index in [1.54, 1.807) is 36.1 Å². The molecular weight excluding hydrogens is 357 g/mol. The fourth-order valence-electron chi connectivity index (χ4n) is 2.31. The highest BCUT2D eigenvalue weighted by atomic mass is 32.2. The number of ether oxygens (including phenoxy) is 1. The van der Waals surface area contributed by atoms with Gasteiger partial charge in [-0.2, -0.15) is 5.10 Å². The minimum absolute atomic E-state index is 0.0319. The van der Waals surface area contributed by atoms with Crippen LogP contribution in [0.4, 0.5) is 10.1 Å². The van der Waals surface area contributed by atoms with Gasteiger partial charge in [0, 0.05) is 19.3 Å². The van der Waals surface area contributed by atoms with E-state index in [-0.39, 0.29) is 22.9 Å². The Morgan fingerprint density at radius 2 is 1.88 bits per heavy atom. The van der Waals surface area contributed by atoms with E-state index < -0.39 is 15.8 Å².